The molecule has 2 rings (SSSR count). The van der Waals surface area contributed by atoms with E-state index in [1.807, 2.05) is 13.8 Å². The van der Waals surface area contributed by atoms with Crippen LogP contribution in [0.25, 0.3) is 0 Å². The van der Waals surface area contributed by atoms with Crippen LogP contribution >= 0.6 is 11.6 Å². The Balaban J connectivity index is 2.29. The molecule has 2 atom stereocenters. The highest BCUT2D eigenvalue weighted by Crippen LogP contribution is 2.30. The first kappa shape index (κ1) is 14.8. The highest BCUT2D eigenvalue weighted by Gasteiger charge is 2.34. The summed E-state index contributed by atoms with van der Waals surface area (Å²) < 4.78 is 26.6. The molecular formula is C13H19ClN2O2S. The van der Waals surface area contributed by atoms with Gasteiger partial charge in [-0.2, -0.15) is 4.31 Å². The van der Waals surface area contributed by atoms with Crippen molar-refractivity contribution in [3.8, 4) is 0 Å². The van der Waals surface area contributed by atoms with Gasteiger partial charge in [0.25, 0.3) is 0 Å². The molecule has 0 aliphatic carbocycles. The van der Waals surface area contributed by atoms with Gasteiger partial charge in [0.1, 0.15) is 4.90 Å². The number of halogens is 1. The lowest BCUT2D eigenvalue weighted by Crippen LogP contribution is -2.33. The largest absolute Gasteiger partial charge is 0.328 e. The molecule has 19 heavy (non-hydrogen) atoms. The second-order valence-electron chi connectivity index (χ2n) is 5.20. The number of sulfonamides is 1. The highest BCUT2D eigenvalue weighted by atomic mass is 35.5. The van der Waals surface area contributed by atoms with Gasteiger partial charge in [-0.1, -0.05) is 17.7 Å². The molecule has 2 unspecified atom stereocenters. The highest BCUT2D eigenvalue weighted by molar-refractivity contribution is 7.89. The molecule has 4 nitrogen and oxygen atoms in total. The normalized spacial score (nSPS) is 22.6. The molecule has 106 valence electrons. The Labute approximate surface area is 119 Å². The predicted molar refractivity (Wildman–Crippen MR) is 76.7 cm³/mol. The molecule has 0 bridgehead atoms. The fourth-order valence-electron chi connectivity index (χ4n) is 2.36. The van der Waals surface area contributed by atoms with Gasteiger partial charge in [-0.25, -0.2) is 8.42 Å². The van der Waals surface area contributed by atoms with Crippen LogP contribution in [0.5, 0.6) is 0 Å². The van der Waals surface area contributed by atoms with Crippen molar-refractivity contribution in [1.29, 1.82) is 0 Å². The van der Waals surface area contributed by atoms with Crippen molar-refractivity contribution >= 4 is 21.6 Å². The average Bonchev–Trinajstić information content (AvgIpc) is 2.78. The van der Waals surface area contributed by atoms with Gasteiger partial charge in [0, 0.05) is 19.1 Å². The molecule has 0 aromatic heterocycles. The molecule has 2 N–H and O–H groups in total. The zero-order chi connectivity index (χ0) is 14.2. The summed E-state index contributed by atoms with van der Waals surface area (Å²) in [5.74, 6) is 0.221. The summed E-state index contributed by atoms with van der Waals surface area (Å²) in [7, 11) is -3.51. The maximum Gasteiger partial charge on any atom is 0.244 e. The van der Waals surface area contributed by atoms with E-state index in [0.717, 1.165) is 12.0 Å². The van der Waals surface area contributed by atoms with Crippen molar-refractivity contribution in [2.45, 2.75) is 31.2 Å². The number of hydrogen-bond acceptors (Lipinski definition) is 3. The molecule has 0 saturated carbocycles. The molecule has 1 fully saturated rings. The third kappa shape index (κ3) is 2.94. The second kappa shape index (κ2) is 5.40. The lowest BCUT2D eigenvalue weighted by molar-refractivity contribution is 0.429. The third-order valence-corrected chi connectivity index (χ3v) is 5.98. The summed E-state index contributed by atoms with van der Waals surface area (Å²) in [6.45, 7) is 4.78. The van der Waals surface area contributed by atoms with Crippen LogP contribution in [0.3, 0.4) is 0 Å². The SMILES string of the molecule is Cc1ccc(S(=O)(=O)N2CCC(C(C)N)C2)c(Cl)c1. The zero-order valence-electron chi connectivity index (χ0n) is 11.1. The lowest BCUT2D eigenvalue weighted by atomic mass is 10.0. The molecule has 1 aliphatic heterocycles. The zero-order valence-corrected chi connectivity index (χ0v) is 12.7. The minimum absolute atomic E-state index is 0.00805. The summed E-state index contributed by atoms with van der Waals surface area (Å²) >= 11 is 6.06. The summed E-state index contributed by atoms with van der Waals surface area (Å²) in [5.41, 5.74) is 6.79. The van der Waals surface area contributed by atoms with Crippen molar-refractivity contribution in [3.63, 3.8) is 0 Å². The van der Waals surface area contributed by atoms with Crippen molar-refractivity contribution in [2.75, 3.05) is 13.1 Å². The maximum absolute atomic E-state index is 12.5. The number of aryl methyl sites for hydroxylation is 1. The van der Waals surface area contributed by atoms with Gasteiger partial charge in [-0.05, 0) is 43.9 Å². The van der Waals surface area contributed by atoms with Crippen molar-refractivity contribution in [3.05, 3.63) is 28.8 Å². The fraction of sp³-hybridized carbons (Fsp3) is 0.538. The van der Waals surface area contributed by atoms with Crippen molar-refractivity contribution in [1.82, 2.24) is 4.31 Å². The Morgan fingerprint density at radius 2 is 2.16 bits per heavy atom. The second-order valence-corrected chi connectivity index (χ2v) is 7.52. The van der Waals surface area contributed by atoms with Gasteiger partial charge in [-0.15, -0.1) is 0 Å². The number of nitrogens with zero attached hydrogens (tertiary/aromatic N) is 1. The van der Waals surface area contributed by atoms with Gasteiger partial charge in [0.05, 0.1) is 5.02 Å². The summed E-state index contributed by atoms with van der Waals surface area (Å²) in [5, 5.41) is 0.282. The Hall–Kier alpha value is -0.620. The van der Waals surface area contributed by atoms with E-state index in [1.54, 1.807) is 18.2 Å². The first-order valence-electron chi connectivity index (χ1n) is 6.34. The first-order valence-corrected chi connectivity index (χ1v) is 8.16. The Bertz CT molecular complexity index is 572. The smallest absolute Gasteiger partial charge is 0.244 e. The molecular weight excluding hydrogens is 284 g/mol. The van der Waals surface area contributed by atoms with Crippen LogP contribution in [0.4, 0.5) is 0 Å². The van der Waals surface area contributed by atoms with Crippen LogP contribution in [-0.2, 0) is 10.0 Å². The number of hydrogen-bond donors (Lipinski definition) is 1. The van der Waals surface area contributed by atoms with Crippen LogP contribution in [-0.4, -0.2) is 31.9 Å². The van der Waals surface area contributed by atoms with Gasteiger partial charge < -0.3 is 5.73 Å². The van der Waals surface area contributed by atoms with Gasteiger partial charge in [0.15, 0.2) is 0 Å². The Kier molecular flexibility index (Phi) is 4.20. The van der Waals surface area contributed by atoms with Gasteiger partial charge in [-0.3, -0.25) is 0 Å². The van der Waals surface area contributed by atoms with Gasteiger partial charge in [0.2, 0.25) is 10.0 Å². The quantitative estimate of drug-likeness (QED) is 0.929. The predicted octanol–water partition coefficient (Wildman–Crippen LogP) is 2.01. The summed E-state index contributed by atoms with van der Waals surface area (Å²) in [6.07, 6.45) is 0.806. The minimum Gasteiger partial charge on any atom is -0.328 e. The van der Waals surface area contributed by atoms with E-state index in [1.165, 1.54) is 4.31 Å². The monoisotopic (exact) mass is 302 g/mol. The minimum atomic E-state index is -3.51. The molecule has 1 aliphatic rings. The molecule has 6 heteroatoms. The van der Waals surface area contributed by atoms with Crippen LogP contribution in [0, 0.1) is 12.8 Å². The van der Waals surface area contributed by atoms with E-state index in [2.05, 4.69) is 0 Å². The number of benzene rings is 1. The molecule has 1 heterocycles. The maximum atomic E-state index is 12.5. The van der Waals surface area contributed by atoms with E-state index in [4.69, 9.17) is 17.3 Å². The van der Waals surface area contributed by atoms with E-state index in [0.29, 0.717) is 13.1 Å². The molecule has 1 aromatic rings. The summed E-state index contributed by atoms with van der Waals surface area (Å²) in [4.78, 5) is 0.185. The van der Waals surface area contributed by atoms with E-state index in [-0.39, 0.29) is 21.9 Å². The lowest BCUT2D eigenvalue weighted by Gasteiger charge is -2.19. The Morgan fingerprint density at radius 3 is 2.68 bits per heavy atom. The first-order chi connectivity index (χ1) is 8.82. The van der Waals surface area contributed by atoms with Crippen LogP contribution in [0.15, 0.2) is 23.1 Å². The molecule has 0 spiro atoms. The van der Waals surface area contributed by atoms with Crippen molar-refractivity contribution in [2.24, 2.45) is 11.7 Å². The molecule has 1 saturated heterocycles. The fourth-order valence-corrected chi connectivity index (χ4v) is 4.44. The van der Waals surface area contributed by atoms with Crippen LogP contribution in [0.2, 0.25) is 5.02 Å². The van der Waals surface area contributed by atoms with Crippen molar-refractivity contribution < 1.29 is 8.42 Å². The Morgan fingerprint density at radius 1 is 1.47 bits per heavy atom. The van der Waals surface area contributed by atoms with E-state index < -0.39 is 10.0 Å². The number of rotatable bonds is 3. The van der Waals surface area contributed by atoms with E-state index in [9.17, 15) is 8.42 Å². The van der Waals surface area contributed by atoms with Crippen LogP contribution in [0.1, 0.15) is 18.9 Å². The topological polar surface area (TPSA) is 63.4 Å². The molecule has 0 amide bonds. The third-order valence-electron chi connectivity index (χ3n) is 3.64. The van der Waals surface area contributed by atoms with E-state index >= 15 is 0 Å². The standard InChI is InChI=1S/C13H19ClN2O2S/c1-9-3-4-13(12(14)7-9)19(17,18)16-6-5-11(8-16)10(2)15/h3-4,7,10-11H,5-6,8,15H2,1-2H3. The number of nitrogens with two attached hydrogens (primary N) is 1. The van der Waals surface area contributed by atoms with Gasteiger partial charge >= 0.3 is 0 Å². The average molecular weight is 303 g/mol. The summed E-state index contributed by atoms with van der Waals surface area (Å²) in [6, 6.07) is 5.02. The van der Waals surface area contributed by atoms with Crippen LogP contribution < -0.4 is 5.73 Å². The molecule has 0 radical (unpaired) electrons. The molecule has 1 aromatic carbocycles.